The van der Waals surface area contributed by atoms with E-state index in [0.717, 1.165) is 16.7 Å². The molecule has 3 nitrogen and oxygen atoms in total. The van der Waals surface area contributed by atoms with Crippen LogP contribution in [0.1, 0.15) is 56.1 Å². The van der Waals surface area contributed by atoms with Crippen LogP contribution in [0.4, 0.5) is 0 Å². The zero-order valence-electron chi connectivity index (χ0n) is 14.5. The molecule has 1 aliphatic carbocycles. The summed E-state index contributed by atoms with van der Waals surface area (Å²) < 4.78 is 0. The molecule has 0 bridgehead atoms. The Morgan fingerprint density at radius 3 is 2.33 bits per heavy atom. The number of hydrogen-bond acceptors (Lipinski definition) is 2. The molecule has 1 N–H and O–H groups in total. The van der Waals surface area contributed by atoms with Crippen LogP contribution < -0.4 is 0 Å². The Hall–Kier alpha value is -2.42. The second-order valence-corrected chi connectivity index (χ2v) is 6.79. The molecule has 3 heteroatoms. The molecule has 2 aromatic carbocycles. The van der Waals surface area contributed by atoms with Gasteiger partial charge in [0, 0.05) is 17.4 Å². The first kappa shape index (κ1) is 16.4. The summed E-state index contributed by atoms with van der Waals surface area (Å²) in [4.78, 5) is 24.2. The number of fused-ring (bicyclic) bond motifs is 1. The molecular weight excluding hydrogens is 300 g/mol. The first-order valence-electron chi connectivity index (χ1n) is 8.25. The SMILES string of the molecule is Cc1cc(C2c3ccccc3C(=O)C2CC(=O)O)c(C)c(C)c1C. The molecule has 124 valence electrons. The third-order valence-corrected chi connectivity index (χ3v) is 5.55. The highest BCUT2D eigenvalue weighted by molar-refractivity contribution is 6.05. The van der Waals surface area contributed by atoms with Crippen molar-refractivity contribution in [3.63, 3.8) is 0 Å². The number of carboxylic acid groups (broad SMARTS) is 1. The van der Waals surface area contributed by atoms with Gasteiger partial charge < -0.3 is 5.11 Å². The highest BCUT2D eigenvalue weighted by atomic mass is 16.4. The number of carbonyl (C=O) groups excluding carboxylic acids is 1. The molecule has 0 fully saturated rings. The van der Waals surface area contributed by atoms with E-state index in [1.165, 1.54) is 16.7 Å². The van der Waals surface area contributed by atoms with Crippen molar-refractivity contribution in [2.24, 2.45) is 5.92 Å². The normalized spacial score (nSPS) is 19.4. The third-order valence-electron chi connectivity index (χ3n) is 5.55. The van der Waals surface area contributed by atoms with Crippen LogP contribution in [0.5, 0.6) is 0 Å². The van der Waals surface area contributed by atoms with Crippen molar-refractivity contribution in [1.82, 2.24) is 0 Å². The Kier molecular flexibility index (Phi) is 4.04. The summed E-state index contributed by atoms with van der Waals surface area (Å²) in [6.07, 6.45) is -0.135. The van der Waals surface area contributed by atoms with Crippen LogP contribution in [0.2, 0.25) is 0 Å². The van der Waals surface area contributed by atoms with Crippen LogP contribution in [0, 0.1) is 33.6 Å². The highest BCUT2D eigenvalue weighted by Crippen LogP contribution is 2.45. The number of ketones is 1. The number of hydrogen-bond donors (Lipinski definition) is 1. The molecule has 0 radical (unpaired) electrons. The molecule has 3 rings (SSSR count). The maximum atomic E-state index is 12.8. The molecule has 0 aromatic heterocycles. The van der Waals surface area contributed by atoms with Crippen molar-refractivity contribution in [1.29, 1.82) is 0 Å². The summed E-state index contributed by atoms with van der Waals surface area (Å²) in [6.45, 7) is 8.33. The van der Waals surface area contributed by atoms with E-state index >= 15 is 0 Å². The van der Waals surface area contributed by atoms with Crippen LogP contribution in [-0.2, 0) is 4.79 Å². The Balaban J connectivity index is 2.24. The lowest BCUT2D eigenvalue weighted by Gasteiger charge is -2.23. The van der Waals surface area contributed by atoms with E-state index < -0.39 is 11.9 Å². The third kappa shape index (κ3) is 2.44. The van der Waals surface area contributed by atoms with E-state index in [0.29, 0.717) is 5.56 Å². The first-order chi connectivity index (χ1) is 11.3. The average Bonchev–Trinajstić information content (AvgIpc) is 2.81. The maximum Gasteiger partial charge on any atom is 0.304 e. The fourth-order valence-electron chi connectivity index (χ4n) is 3.91. The zero-order chi connectivity index (χ0) is 17.6. The topological polar surface area (TPSA) is 54.4 Å². The van der Waals surface area contributed by atoms with Crippen molar-refractivity contribution in [3.8, 4) is 0 Å². The minimum atomic E-state index is -0.927. The molecule has 0 aliphatic heterocycles. The quantitative estimate of drug-likeness (QED) is 0.914. The Morgan fingerprint density at radius 1 is 1.00 bits per heavy atom. The van der Waals surface area contributed by atoms with Gasteiger partial charge in [-0.2, -0.15) is 0 Å². The van der Waals surface area contributed by atoms with E-state index in [2.05, 4.69) is 33.8 Å². The fraction of sp³-hybridized carbons (Fsp3) is 0.333. The molecule has 24 heavy (non-hydrogen) atoms. The zero-order valence-corrected chi connectivity index (χ0v) is 14.5. The second-order valence-electron chi connectivity index (χ2n) is 6.79. The van der Waals surface area contributed by atoms with Gasteiger partial charge in [-0.1, -0.05) is 30.3 Å². The van der Waals surface area contributed by atoms with Crippen molar-refractivity contribution >= 4 is 11.8 Å². The number of aryl methyl sites for hydroxylation is 1. The minimum absolute atomic E-state index is 0.0479. The number of carbonyl (C=O) groups is 2. The number of Topliss-reactive ketones (excluding diaryl/α,β-unsaturated/α-hetero) is 1. The first-order valence-corrected chi connectivity index (χ1v) is 8.25. The van der Waals surface area contributed by atoms with Gasteiger partial charge in [0.1, 0.15) is 0 Å². The van der Waals surface area contributed by atoms with Gasteiger partial charge in [-0.25, -0.2) is 0 Å². The summed E-state index contributed by atoms with van der Waals surface area (Å²) in [5.74, 6) is -1.68. The largest absolute Gasteiger partial charge is 0.481 e. The molecule has 0 heterocycles. The second kappa shape index (κ2) is 5.90. The number of carboxylic acids is 1. The number of rotatable bonds is 3. The number of aliphatic carboxylic acids is 1. The van der Waals surface area contributed by atoms with Crippen LogP contribution in [0.15, 0.2) is 30.3 Å². The Bertz CT molecular complexity index is 848. The molecule has 0 spiro atoms. The fourth-order valence-corrected chi connectivity index (χ4v) is 3.91. The van der Waals surface area contributed by atoms with Gasteiger partial charge in [0.05, 0.1) is 6.42 Å². The highest BCUT2D eigenvalue weighted by Gasteiger charge is 2.42. The van der Waals surface area contributed by atoms with Crippen molar-refractivity contribution in [3.05, 3.63) is 69.3 Å². The van der Waals surface area contributed by atoms with Crippen LogP contribution in [0.3, 0.4) is 0 Å². The lowest BCUT2D eigenvalue weighted by atomic mass is 9.79. The van der Waals surface area contributed by atoms with Gasteiger partial charge in [-0.05, 0) is 61.1 Å². The van der Waals surface area contributed by atoms with E-state index in [1.54, 1.807) is 0 Å². The van der Waals surface area contributed by atoms with E-state index in [1.807, 2.05) is 24.3 Å². The predicted octanol–water partition coefficient (Wildman–Crippen LogP) is 4.34. The summed E-state index contributed by atoms with van der Waals surface area (Å²) in [7, 11) is 0. The van der Waals surface area contributed by atoms with Gasteiger partial charge in [0.2, 0.25) is 0 Å². The van der Waals surface area contributed by atoms with Gasteiger partial charge in [0.25, 0.3) is 0 Å². The summed E-state index contributed by atoms with van der Waals surface area (Å²) >= 11 is 0. The Morgan fingerprint density at radius 2 is 1.67 bits per heavy atom. The van der Waals surface area contributed by atoms with Crippen molar-refractivity contribution in [2.45, 2.75) is 40.0 Å². The maximum absolute atomic E-state index is 12.8. The van der Waals surface area contributed by atoms with Gasteiger partial charge in [0.15, 0.2) is 5.78 Å². The van der Waals surface area contributed by atoms with E-state index in [9.17, 15) is 14.7 Å². The number of benzene rings is 2. The molecular formula is C21H22O3. The smallest absolute Gasteiger partial charge is 0.304 e. The summed E-state index contributed by atoms with van der Waals surface area (Å²) in [5.41, 5.74) is 7.52. The van der Waals surface area contributed by atoms with E-state index in [-0.39, 0.29) is 18.1 Å². The molecule has 2 atom stereocenters. The molecule has 1 aliphatic rings. The summed E-state index contributed by atoms with van der Waals surface area (Å²) in [6, 6.07) is 9.67. The van der Waals surface area contributed by atoms with Crippen LogP contribution in [0.25, 0.3) is 0 Å². The van der Waals surface area contributed by atoms with Gasteiger partial charge >= 0.3 is 5.97 Å². The van der Waals surface area contributed by atoms with Gasteiger partial charge in [-0.15, -0.1) is 0 Å². The lowest BCUT2D eigenvalue weighted by molar-refractivity contribution is -0.137. The Labute approximate surface area is 142 Å². The standard InChI is InChI=1S/C21H22O3/c1-11-9-17(14(4)13(3)12(11)2)20-15-7-5-6-8-16(15)21(24)18(20)10-19(22)23/h5-9,18,20H,10H2,1-4H3,(H,22,23). The molecule has 2 aromatic rings. The molecule has 2 unspecified atom stereocenters. The average molecular weight is 322 g/mol. The monoisotopic (exact) mass is 322 g/mol. The van der Waals surface area contributed by atoms with E-state index in [4.69, 9.17) is 0 Å². The van der Waals surface area contributed by atoms with Crippen molar-refractivity contribution in [2.75, 3.05) is 0 Å². The lowest BCUT2D eigenvalue weighted by Crippen LogP contribution is -2.20. The molecule has 0 saturated heterocycles. The predicted molar refractivity (Wildman–Crippen MR) is 93.7 cm³/mol. The molecule has 0 amide bonds. The molecule has 0 saturated carbocycles. The minimum Gasteiger partial charge on any atom is -0.481 e. The van der Waals surface area contributed by atoms with Crippen molar-refractivity contribution < 1.29 is 14.7 Å². The summed E-state index contributed by atoms with van der Waals surface area (Å²) in [5, 5.41) is 9.31. The van der Waals surface area contributed by atoms with Crippen LogP contribution >= 0.6 is 0 Å². The van der Waals surface area contributed by atoms with Crippen LogP contribution in [-0.4, -0.2) is 16.9 Å². The van der Waals surface area contributed by atoms with Gasteiger partial charge in [-0.3, -0.25) is 9.59 Å².